The van der Waals surface area contributed by atoms with Gasteiger partial charge in [0.1, 0.15) is 5.71 Å². The molecule has 1 amide bonds. The smallest absolute Gasteiger partial charge is 0.276 e. The van der Waals surface area contributed by atoms with Crippen LogP contribution in [-0.4, -0.2) is 20.0 Å². The van der Waals surface area contributed by atoms with E-state index in [2.05, 4.69) is 4.40 Å². The van der Waals surface area contributed by atoms with Crippen molar-refractivity contribution in [3.8, 4) is 0 Å². The van der Waals surface area contributed by atoms with Crippen molar-refractivity contribution in [3.05, 3.63) is 11.5 Å². The van der Waals surface area contributed by atoms with Gasteiger partial charge < -0.3 is 5.73 Å². The van der Waals surface area contributed by atoms with E-state index in [1.807, 2.05) is 0 Å². The van der Waals surface area contributed by atoms with Crippen molar-refractivity contribution in [2.45, 2.75) is 0 Å². The maximum absolute atomic E-state index is 10.5. The van der Waals surface area contributed by atoms with E-state index in [1.54, 1.807) is 0 Å². The van der Waals surface area contributed by atoms with Crippen LogP contribution in [0.2, 0.25) is 0 Å². The molecular formula is C4H4N2O3S. The topological polar surface area (TPSA) is 89.6 Å². The van der Waals surface area contributed by atoms with Gasteiger partial charge in [-0.3, -0.25) is 4.79 Å². The Labute approximate surface area is 57.3 Å². The molecule has 54 valence electrons. The first-order valence-electron chi connectivity index (χ1n) is 2.34. The van der Waals surface area contributed by atoms with Gasteiger partial charge in [0.05, 0.1) is 5.41 Å². The van der Waals surface area contributed by atoms with E-state index in [0.717, 1.165) is 11.5 Å². The van der Waals surface area contributed by atoms with E-state index in [-0.39, 0.29) is 5.71 Å². The number of carbonyl (C=O) groups is 1. The van der Waals surface area contributed by atoms with Crippen LogP contribution in [-0.2, 0) is 14.8 Å². The van der Waals surface area contributed by atoms with Gasteiger partial charge in [0.15, 0.2) is 0 Å². The predicted octanol–water partition coefficient (Wildman–Crippen LogP) is -1.23. The van der Waals surface area contributed by atoms with Crippen molar-refractivity contribution in [3.63, 3.8) is 0 Å². The minimum atomic E-state index is -3.53. The van der Waals surface area contributed by atoms with Crippen LogP contribution in [0.4, 0.5) is 0 Å². The Morgan fingerprint density at radius 2 is 2.20 bits per heavy atom. The minimum Gasteiger partial charge on any atom is -0.364 e. The Balaban J connectivity index is 3.11. The Bertz CT molecular complexity index is 324. The van der Waals surface area contributed by atoms with E-state index in [0.29, 0.717) is 0 Å². The van der Waals surface area contributed by atoms with Gasteiger partial charge in [-0.25, -0.2) is 0 Å². The molecule has 0 aromatic rings. The largest absolute Gasteiger partial charge is 0.364 e. The van der Waals surface area contributed by atoms with Crippen LogP contribution < -0.4 is 5.73 Å². The van der Waals surface area contributed by atoms with Crippen molar-refractivity contribution in [1.82, 2.24) is 0 Å². The molecule has 5 nitrogen and oxygen atoms in total. The number of nitrogens with two attached hydrogens (primary N) is 1. The van der Waals surface area contributed by atoms with Crippen LogP contribution in [0, 0.1) is 0 Å². The van der Waals surface area contributed by atoms with Gasteiger partial charge in [-0.1, -0.05) is 0 Å². The van der Waals surface area contributed by atoms with Gasteiger partial charge >= 0.3 is 0 Å². The van der Waals surface area contributed by atoms with Crippen LogP contribution in [0.3, 0.4) is 0 Å². The molecule has 1 aliphatic rings. The number of primary amides is 1. The molecule has 0 spiro atoms. The summed E-state index contributed by atoms with van der Waals surface area (Å²) in [6.45, 7) is 0. The van der Waals surface area contributed by atoms with Gasteiger partial charge in [-0.2, -0.15) is 12.8 Å². The molecule has 1 rings (SSSR count). The molecule has 0 bridgehead atoms. The summed E-state index contributed by atoms with van der Waals surface area (Å²) in [6.07, 6.45) is 1.07. The first-order chi connectivity index (χ1) is 4.51. The highest BCUT2D eigenvalue weighted by Gasteiger charge is 2.15. The van der Waals surface area contributed by atoms with Crippen LogP contribution in [0.5, 0.6) is 0 Å². The lowest BCUT2D eigenvalue weighted by Gasteiger charge is -1.83. The van der Waals surface area contributed by atoms with Crippen molar-refractivity contribution in [1.29, 1.82) is 0 Å². The number of rotatable bonds is 1. The van der Waals surface area contributed by atoms with Gasteiger partial charge in [-0.05, 0) is 6.08 Å². The molecule has 0 aromatic carbocycles. The number of sulfonamides is 1. The van der Waals surface area contributed by atoms with Crippen molar-refractivity contribution in [2.75, 3.05) is 0 Å². The first kappa shape index (κ1) is 6.94. The Morgan fingerprint density at radius 3 is 2.40 bits per heavy atom. The highest BCUT2D eigenvalue weighted by atomic mass is 32.2. The van der Waals surface area contributed by atoms with Gasteiger partial charge in [-0.15, -0.1) is 0 Å². The summed E-state index contributed by atoms with van der Waals surface area (Å²) in [6, 6.07) is 0. The molecule has 0 saturated heterocycles. The molecule has 0 aliphatic carbocycles. The highest BCUT2D eigenvalue weighted by molar-refractivity contribution is 7.93. The maximum Gasteiger partial charge on any atom is 0.276 e. The summed E-state index contributed by atoms with van der Waals surface area (Å²) < 4.78 is 23.9. The highest BCUT2D eigenvalue weighted by Crippen LogP contribution is 2.04. The number of amides is 1. The van der Waals surface area contributed by atoms with Crippen molar-refractivity contribution >= 4 is 21.6 Å². The van der Waals surface area contributed by atoms with Crippen molar-refractivity contribution in [2.24, 2.45) is 10.1 Å². The summed E-state index contributed by atoms with van der Waals surface area (Å²) in [4.78, 5) is 10.3. The van der Waals surface area contributed by atoms with E-state index in [1.165, 1.54) is 0 Å². The molecular weight excluding hydrogens is 156 g/mol. The first-order valence-corrected chi connectivity index (χ1v) is 3.84. The molecule has 0 saturated carbocycles. The lowest BCUT2D eigenvalue weighted by molar-refractivity contribution is -0.111. The Hall–Kier alpha value is -1.17. The fraction of sp³-hybridized carbons (Fsp3) is 0. The molecule has 2 N–H and O–H groups in total. The molecule has 0 fully saturated rings. The van der Waals surface area contributed by atoms with Crippen LogP contribution in [0.15, 0.2) is 15.9 Å². The van der Waals surface area contributed by atoms with E-state index in [9.17, 15) is 13.2 Å². The fourth-order valence-corrected chi connectivity index (χ4v) is 1.26. The summed E-state index contributed by atoms with van der Waals surface area (Å²) in [5.74, 6) is -0.836. The van der Waals surface area contributed by atoms with Crippen LogP contribution in [0.25, 0.3) is 0 Å². The number of nitrogens with zero attached hydrogens (tertiary/aromatic N) is 1. The van der Waals surface area contributed by atoms with Crippen molar-refractivity contribution < 1.29 is 13.2 Å². The van der Waals surface area contributed by atoms with E-state index < -0.39 is 15.9 Å². The number of hydrogen-bond donors (Lipinski definition) is 1. The van der Waals surface area contributed by atoms with Gasteiger partial charge in [0, 0.05) is 0 Å². The predicted molar refractivity (Wildman–Crippen MR) is 34.7 cm³/mol. The molecule has 0 atom stereocenters. The van der Waals surface area contributed by atoms with Gasteiger partial charge in [0.25, 0.3) is 15.9 Å². The van der Waals surface area contributed by atoms with Crippen LogP contribution in [0.1, 0.15) is 0 Å². The van der Waals surface area contributed by atoms with E-state index in [4.69, 9.17) is 5.73 Å². The maximum atomic E-state index is 10.5. The molecule has 0 radical (unpaired) electrons. The summed E-state index contributed by atoms with van der Waals surface area (Å²) >= 11 is 0. The molecule has 1 heterocycles. The minimum absolute atomic E-state index is 0.222. The van der Waals surface area contributed by atoms with Gasteiger partial charge in [0.2, 0.25) is 0 Å². The molecule has 0 aromatic heterocycles. The van der Waals surface area contributed by atoms with Crippen LogP contribution >= 0.6 is 0 Å². The number of carbonyl (C=O) groups excluding carboxylic acids is 1. The molecule has 1 aliphatic heterocycles. The third-order valence-electron chi connectivity index (χ3n) is 0.876. The Kier molecular flexibility index (Phi) is 1.33. The Morgan fingerprint density at radius 1 is 1.60 bits per heavy atom. The normalized spacial score (nSPS) is 20.6. The average molecular weight is 160 g/mol. The quantitative estimate of drug-likeness (QED) is 0.520. The summed E-state index contributed by atoms with van der Waals surface area (Å²) in [7, 11) is -3.53. The summed E-state index contributed by atoms with van der Waals surface area (Å²) in [5, 5.41) is 0.826. The molecule has 0 unspecified atom stereocenters. The molecule has 10 heavy (non-hydrogen) atoms. The lowest BCUT2D eigenvalue weighted by Crippen LogP contribution is -2.20. The zero-order valence-electron chi connectivity index (χ0n) is 4.81. The third-order valence-corrected chi connectivity index (χ3v) is 1.81. The lowest BCUT2D eigenvalue weighted by atomic mass is 10.4. The zero-order valence-corrected chi connectivity index (χ0v) is 5.63. The third kappa shape index (κ3) is 1.21. The second-order valence-electron chi connectivity index (χ2n) is 1.66. The second kappa shape index (κ2) is 1.91. The molecule has 6 heteroatoms. The standard InChI is InChI=1S/C4H4N2O3S/c5-4(7)3-1-2-10(8,9)6-3/h1-2H,(H2,5,7). The monoisotopic (exact) mass is 160 g/mol. The van der Waals surface area contributed by atoms with E-state index >= 15 is 0 Å². The average Bonchev–Trinajstić information content (AvgIpc) is 2.10. The number of hydrogen-bond acceptors (Lipinski definition) is 3. The summed E-state index contributed by atoms with van der Waals surface area (Å²) in [5.41, 5.74) is 4.51. The zero-order chi connectivity index (χ0) is 7.78. The second-order valence-corrected chi connectivity index (χ2v) is 3.14. The SMILES string of the molecule is NC(=O)C1=NS(=O)(=O)C=C1. The fourth-order valence-electron chi connectivity index (χ4n) is 0.475.